The van der Waals surface area contributed by atoms with Gasteiger partial charge in [0.1, 0.15) is 0 Å². The number of aromatic nitrogens is 5. The first-order chi connectivity index (χ1) is 12.2. The van der Waals surface area contributed by atoms with Gasteiger partial charge < -0.3 is 9.84 Å². The third kappa shape index (κ3) is 2.99. The number of fused-ring (bicyclic) bond motifs is 1. The third-order valence-corrected chi connectivity index (χ3v) is 3.92. The fourth-order valence-electron chi connectivity index (χ4n) is 2.56. The zero-order valence-electron chi connectivity index (χ0n) is 13.4. The van der Waals surface area contributed by atoms with E-state index in [1.54, 1.807) is 35.5 Å². The topological polar surface area (TPSA) is 86.0 Å². The van der Waals surface area contributed by atoms with Crippen molar-refractivity contribution in [3.05, 3.63) is 66.7 Å². The lowest BCUT2D eigenvalue weighted by atomic mass is 10.1. The van der Waals surface area contributed by atoms with Crippen LogP contribution in [0.2, 0.25) is 0 Å². The van der Waals surface area contributed by atoms with E-state index >= 15 is 0 Å². The Hall–Kier alpha value is -3.48. The predicted octanol–water partition coefficient (Wildman–Crippen LogP) is 3.33. The molecule has 4 aromatic rings. The van der Waals surface area contributed by atoms with E-state index in [0.717, 1.165) is 5.56 Å². The summed E-state index contributed by atoms with van der Waals surface area (Å²) in [5.41, 5.74) is 1.65. The summed E-state index contributed by atoms with van der Waals surface area (Å²) in [6.45, 7) is 2.05. The maximum absolute atomic E-state index is 9.99. The molecule has 7 heteroatoms. The highest BCUT2D eigenvalue weighted by molar-refractivity contribution is 5.82. The largest absolute Gasteiger partial charge is 0.493 e. The van der Waals surface area contributed by atoms with Gasteiger partial charge in [0, 0.05) is 6.20 Å². The van der Waals surface area contributed by atoms with Gasteiger partial charge in [0.2, 0.25) is 5.88 Å². The van der Waals surface area contributed by atoms with Crippen LogP contribution >= 0.6 is 0 Å². The maximum Gasteiger partial charge on any atom is 0.326 e. The van der Waals surface area contributed by atoms with Crippen LogP contribution in [-0.4, -0.2) is 29.8 Å². The van der Waals surface area contributed by atoms with E-state index in [2.05, 4.69) is 27.0 Å². The minimum absolute atomic E-state index is 0.0462. The maximum atomic E-state index is 9.99. The Morgan fingerprint density at radius 2 is 1.92 bits per heavy atom. The van der Waals surface area contributed by atoms with Crippen LogP contribution in [0.15, 0.2) is 61.2 Å². The molecular weight excluding hydrogens is 318 g/mol. The van der Waals surface area contributed by atoms with E-state index < -0.39 is 0 Å². The highest BCUT2D eigenvalue weighted by Gasteiger charge is 2.12. The van der Waals surface area contributed by atoms with Gasteiger partial charge >= 0.3 is 6.01 Å². The van der Waals surface area contributed by atoms with Crippen molar-refractivity contribution in [2.45, 2.75) is 13.0 Å². The molecule has 1 aromatic carbocycles. The van der Waals surface area contributed by atoms with Crippen molar-refractivity contribution in [2.24, 2.45) is 0 Å². The Labute approximate surface area is 143 Å². The highest BCUT2D eigenvalue weighted by Crippen LogP contribution is 2.26. The fraction of sp³-hybridized carbons (Fsp3) is 0.111. The lowest BCUT2D eigenvalue weighted by Crippen LogP contribution is -2.06. The molecule has 1 atom stereocenters. The molecule has 1 unspecified atom stereocenters. The molecular formula is C18H15N5O2. The van der Waals surface area contributed by atoms with E-state index in [-0.39, 0.29) is 17.9 Å². The SMILES string of the molecule is CC(c1ccccc1)n1cc(Oc2nc(O)c3ccncc3n2)cn1. The summed E-state index contributed by atoms with van der Waals surface area (Å²) in [5, 5.41) is 14.9. The molecule has 3 heterocycles. The molecule has 1 N–H and O–H groups in total. The number of aromatic hydroxyl groups is 1. The lowest BCUT2D eigenvalue weighted by molar-refractivity contribution is 0.411. The Morgan fingerprint density at radius 1 is 1.08 bits per heavy atom. The summed E-state index contributed by atoms with van der Waals surface area (Å²) >= 11 is 0. The molecule has 0 radical (unpaired) electrons. The number of hydrogen-bond donors (Lipinski definition) is 1. The van der Waals surface area contributed by atoms with Crippen LogP contribution in [0, 0.1) is 0 Å². The number of nitrogens with zero attached hydrogens (tertiary/aromatic N) is 5. The van der Waals surface area contributed by atoms with Crippen molar-refractivity contribution in [1.29, 1.82) is 0 Å². The minimum Gasteiger partial charge on any atom is -0.493 e. The Morgan fingerprint density at radius 3 is 2.76 bits per heavy atom. The first-order valence-corrected chi connectivity index (χ1v) is 7.78. The van der Waals surface area contributed by atoms with Crippen molar-refractivity contribution in [3.8, 4) is 17.6 Å². The first-order valence-electron chi connectivity index (χ1n) is 7.78. The van der Waals surface area contributed by atoms with Crippen molar-refractivity contribution < 1.29 is 9.84 Å². The zero-order valence-corrected chi connectivity index (χ0v) is 13.4. The van der Waals surface area contributed by atoms with Crippen LogP contribution in [0.4, 0.5) is 0 Å². The van der Waals surface area contributed by atoms with E-state index in [9.17, 15) is 5.11 Å². The standard InChI is InChI=1S/C18H15N5O2/c1-12(13-5-3-2-4-6-13)23-11-14(9-20-23)25-18-21-16-10-19-8-7-15(16)17(24)22-18/h2-12H,1H3,(H,21,22,24). The van der Waals surface area contributed by atoms with Crippen LogP contribution in [-0.2, 0) is 0 Å². The molecule has 0 aliphatic carbocycles. The summed E-state index contributed by atoms with van der Waals surface area (Å²) in [7, 11) is 0. The van der Waals surface area contributed by atoms with Gasteiger partial charge in [-0.15, -0.1) is 0 Å². The van der Waals surface area contributed by atoms with Crippen LogP contribution in [0.25, 0.3) is 10.9 Å². The van der Waals surface area contributed by atoms with Crippen LogP contribution in [0.1, 0.15) is 18.5 Å². The predicted molar refractivity (Wildman–Crippen MR) is 91.6 cm³/mol. The number of pyridine rings is 1. The second kappa shape index (κ2) is 6.20. The van der Waals surface area contributed by atoms with Gasteiger partial charge in [0.25, 0.3) is 0 Å². The van der Waals surface area contributed by atoms with E-state index in [1.165, 1.54) is 0 Å². The quantitative estimate of drug-likeness (QED) is 0.616. The molecule has 0 bridgehead atoms. The van der Waals surface area contributed by atoms with Gasteiger partial charge in [0.05, 0.1) is 35.5 Å². The van der Waals surface area contributed by atoms with Crippen molar-refractivity contribution in [1.82, 2.24) is 24.7 Å². The molecule has 0 amide bonds. The summed E-state index contributed by atoms with van der Waals surface area (Å²) in [6, 6.07) is 11.8. The molecule has 0 spiro atoms. The third-order valence-electron chi connectivity index (χ3n) is 3.92. The Balaban J connectivity index is 1.59. The van der Waals surface area contributed by atoms with Crippen LogP contribution < -0.4 is 4.74 Å². The summed E-state index contributed by atoms with van der Waals surface area (Å²) in [6.07, 6.45) is 6.48. The summed E-state index contributed by atoms with van der Waals surface area (Å²) in [5.74, 6) is 0.345. The minimum atomic E-state index is -0.146. The Kier molecular flexibility index (Phi) is 3.74. The van der Waals surface area contributed by atoms with Gasteiger partial charge in [0.15, 0.2) is 5.75 Å². The first kappa shape index (κ1) is 15.1. The molecule has 124 valence electrons. The second-order valence-corrected chi connectivity index (χ2v) is 5.57. The summed E-state index contributed by atoms with van der Waals surface area (Å²) in [4.78, 5) is 12.2. The zero-order chi connectivity index (χ0) is 17.2. The molecule has 0 aliphatic rings. The monoisotopic (exact) mass is 333 g/mol. The molecule has 0 aliphatic heterocycles. The number of rotatable bonds is 4. The van der Waals surface area contributed by atoms with Crippen molar-refractivity contribution in [3.63, 3.8) is 0 Å². The lowest BCUT2D eigenvalue weighted by Gasteiger charge is -2.11. The Bertz CT molecular complexity index is 1020. The van der Waals surface area contributed by atoms with Crippen LogP contribution in [0.3, 0.4) is 0 Å². The van der Waals surface area contributed by atoms with E-state index in [1.807, 2.05) is 30.3 Å². The van der Waals surface area contributed by atoms with Gasteiger partial charge in [-0.2, -0.15) is 15.1 Å². The van der Waals surface area contributed by atoms with Gasteiger partial charge in [-0.3, -0.25) is 9.67 Å². The van der Waals surface area contributed by atoms with Gasteiger partial charge in [-0.1, -0.05) is 30.3 Å². The number of benzene rings is 1. The normalized spacial score (nSPS) is 12.2. The summed E-state index contributed by atoms with van der Waals surface area (Å²) < 4.78 is 7.44. The molecule has 0 saturated carbocycles. The fourth-order valence-corrected chi connectivity index (χ4v) is 2.56. The average molecular weight is 333 g/mol. The van der Waals surface area contributed by atoms with Crippen molar-refractivity contribution in [2.75, 3.05) is 0 Å². The highest BCUT2D eigenvalue weighted by atomic mass is 16.5. The smallest absolute Gasteiger partial charge is 0.326 e. The molecule has 25 heavy (non-hydrogen) atoms. The second-order valence-electron chi connectivity index (χ2n) is 5.57. The van der Waals surface area contributed by atoms with Gasteiger partial charge in [-0.25, -0.2) is 0 Å². The number of ether oxygens (including phenoxy) is 1. The van der Waals surface area contributed by atoms with Crippen molar-refractivity contribution >= 4 is 10.9 Å². The molecule has 0 fully saturated rings. The average Bonchev–Trinajstić information content (AvgIpc) is 3.10. The number of hydrogen-bond acceptors (Lipinski definition) is 6. The van der Waals surface area contributed by atoms with E-state index in [0.29, 0.717) is 16.7 Å². The van der Waals surface area contributed by atoms with E-state index in [4.69, 9.17) is 4.74 Å². The van der Waals surface area contributed by atoms with Gasteiger partial charge in [-0.05, 0) is 18.6 Å². The molecule has 4 rings (SSSR count). The molecule has 0 saturated heterocycles. The van der Waals surface area contributed by atoms with Crippen LogP contribution in [0.5, 0.6) is 17.6 Å². The molecule has 3 aromatic heterocycles. The molecule has 7 nitrogen and oxygen atoms in total.